The minimum Gasteiger partial charge on any atom is -0.343 e. The molecule has 7 nitrogen and oxygen atoms in total. The van der Waals surface area contributed by atoms with Gasteiger partial charge in [-0.05, 0) is 59.6 Å². The molecule has 0 atom stereocenters. The van der Waals surface area contributed by atoms with E-state index in [2.05, 4.69) is 66.3 Å². The smallest absolute Gasteiger partial charge is 0.343 e. The molecule has 3 aromatic heterocycles. The fraction of sp³-hybridized carbons (Fsp3) is 0.300. The zero-order valence-electron chi connectivity index (χ0n) is 18.8. The van der Waals surface area contributed by atoms with Gasteiger partial charge in [0.2, 0.25) is 5.78 Å². The Bertz CT molecular complexity index is 903. The van der Waals surface area contributed by atoms with Crippen LogP contribution in [0.15, 0.2) is 52.3 Å². The van der Waals surface area contributed by atoms with Gasteiger partial charge >= 0.3 is 18.9 Å². The van der Waals surface area contributed by atoms with Gasteiger partial charge in [-0.1, -0.05) is 48.6 Å². The van der Waals surface area contributed by atoms with E-state index in [1.165, 1.54) is 29.9 Å². The molecule has 0 amide bonds. The number of rotatable bonds is 6. The fourth-order valence-electron chi connectivity index (χ4n) is 1.68. The summed E-state index contributed by atoms with van der Waals surface area (Å²) >= 11 is 6.50. The summed E-state index contributed by atoms with van der Waals surface area (Å²) in [5, 5.41) is 1.97. The molecule has 0 fully saturated rings. The molecule has 166 valence electrons. The van der Waals surface area contributed by atoms with Crippen molar-refractivity contribution in [2.45, 2.75) is 35.2 Å². The molecule has 3 rings (SSSR count). The average Bonchev–Trinajstić information content (AvgIpc) is 2.84. The Hall–Kier alpha value is -0.713. The Balaban J connectivity index is 0.000000575. The first-order valence-corrected chi connectivity index (χ1v) is 13.8. The quantitative estimate of drug-likeness (QED) is 0.0806. The van der Waals surface area contributed by atoms with Crippen LogP contribution in [0.1, 0.15) is 35.9 Å². The van der Waals surface area contributed by atoms with Crippen molar-refractivity contribution in [1.29, 1.82) is 0 Å². The SMILES string of the molecule is CSc1nccc(C(=O)c2ccnc(SC)n2)n1.CSc1nccc(I)n1.[CH2-]CCC.[Li+]. The molecule has 0 unspecified atom stereocenters. The van der Waals surface area contributed by atoms with Gasteiger partial charge in [0.15, 0.2) is 15.5 Å². The van der Waals surface area contributed by atoms with Crippen LogP contribution < -0.4 is 18.9 Å². The average molecular weight is 594 g/mol. The van der Waals surface area contributed by atoms with Crippen LogP contribution in [-0.4, -0.2) is 54.5 Å². The molecule has 0 radical (unpaired) electrons. The summed E-state index contributed by atoms with van der Waals surface area (Å²) in [6, 6.07) is 5.05. The van der Waals surface area contributed by atoms with Gasteiger partial charge in [-0.25, -0.2) is 29.9 Å². The maximum Gasteiger partial charge on any atom is 1.00 e. The van der Waals surface area contributed by atoms with Gasteiger partial charge in [-0.2, -0.15) is 6.42 Å². The van der Waals surface area contributed by atoms with E-state index in [0.717, 1.165) is 15.3 Å². The topological polar surface area (TPSA) is 94.4 Å². The van der Waals surface area contributed by atoms with Crippen LogP contribution in [0.5, 0.6) is 0 Å². The Morgan fingerprint density at radius 2 is 1.22 bits per heavy atom. The molecular weight excluding hydrogens is 570 g/mol. The third-order valence-electron chi connectivity index (χ3n) is 3.23. The summed E-state index contributed by atoms with van der Waals surface area (Å²) < 4.78 is 0.993. The van der Waals surface area contributed by atoms with Gasteiger partial charge in [0.1, 0.15) is 15.1 Å². The molecule has 0 saturated heterocycles. The van der Waals surface area contributed by atoms with E-state index < -0.39 is 0 Å². The maximum absolute atomic E-state index is 12.2. The second-order valence-electron chi connectivity index (χ2n) is 5.41. The molecular formula is C20H24ILiN6OS3. The van der Waals surface area contributed by atoms with Crippen LogP contribution in [0.4, 0.5) is 0 Å². The first-order valence-electron chi connectivity index (χ1n) is 9.09. The van der Waals surface area contributed by atoms with E-state index in [9.17, 15) is 4.79 Å². The zero-order valence-corrected chi connectivity index (χ0v) is 23.4. The van der Waals surface area contributed by atoms with Crippen molar-refractivity contribution in [3.05, 3.63) is 58.8 Å². The van der Waals surface area contributed by atoms with Crippen molar-refractivity contribution in [3.8, 4) is 0 Å². The van der Waals surface area contributed by atoms with Crippen molar-refractivity contribution in [2.75, 3.05) is 18.8 Å². The molecule has 0 aliphatic rings. The minimum atomic E-state index is -0.217. The van der Waals surface area contributed by atoms with E-state index in [1.807, 2.05) is 24.8 Å². The van der Waals surface area contributed by atoms with E-state index in [-0.39, 0.29) is 24.6 Å². The molecule has 0 aromatic carbocycles. The maximum atomic E-state index is 12.2. The molecule has 0 bridgehead atoms. The third-order valence-corrected chi connectivity index (χ3v) is 5.52. The van der Waals surface area contributed by atoms with Crippen LogP contribution >= 0.6 is 57.9 Å². The summed E-state index contributed by atoms with van der Waals surface area (Å²) in [6.07, 6.45) is 12.9. The van der Waals surface area contributed by atoms with Crippen LogP contribution in [0.25, 0.3) is 0 Å². The summed E-state index contributed by atoms with van der Waals surface area (Å²) in [5.74, 6) is -0.217. The fourth-order valence-corrected chi connectivity index (χ4v) is 3.30. The van der Waals surface area contributed by atoms with Gasteiger partial charge < -0.3 is 6.92 Å². The zero-order chi connectivity index (χ0) is 23.1. The molecule has 0 aliphatic carbocycles. The number of unbranched alkanes of at least 4 members (excludes halogenated alkanes) is 1. The largest absolute Gasteiger partial charge is 1.00 e. The van der Waals surface area contributed by atoms with Gasteiger partial charge in [0.25, 0.3) is 0 Å². The van der Waals surface area contributed by atoms with E-state index in [0.29, 0.717) is 21.7 Å². The number of hydrogen-bond acceptors (Lipinski definition) is 10. The Morgan fingerprint density at radius 3 is 1.53 bits per heavy atom. The minimum absolute atomic E-state index is 0. The molecule has 0 saturated carbocycles. The molecule has 0 N–H and O–H groups in total. The Labute approximate surface area is 228 Å². The van der Waals surface area contributed by atoms with Gasteiger partial charge in [0, 0.05) is 18.6 Å². The predicted molar refractivity (Wildman–Crippen MR) is 138 cm³/mol. The van der Waals surface area contributed by atoms with Crippen LogP contribution in [0.3, 0.4) is 0 Å². The van der Waals surface area contributed by atoms with Crippen molar-refractivity contribution >= 4 is 63.7 Å². The van der Waals surface area contributed by atoms with Gasteiger partial charge in [-0.3, -0.25) is 4.79 Å². The van der Waals surface area contributed by atoms with Crippen molar-refractivity contribution < 1.29 is 23.7 Å². The summed E-state index contributed by atoms with van der Waals surface area (Å²) in [7, 11) is 0. The summed E-state index contributed by atoms with van der Waals surface area (Å²) in [5.41, 5.74) is 0.695. The van der Waals surface area contributed by atoms with E-state index >= 15 is 0 Å². The molecule has 3 heterocycles. The molecule has 0 aliphatic heterocycles. The molecule has 3 aromatic rings. The first kappa shape index (κ1) is 31.3. The standard InChI is InChI=1S/C11H10N4OS2.C5H5IN2S.C4H9.Li/c1-17-10-12-5-3-7(14-10)9(16)8-4-6-13-11(15-8)18-2;1-9-5-7-3-2-4(6)8-5;1-3-4-2;/h3-6H,1-2H3;2-3H,1H3;1,3-4H2,2H3;/q;;-1;+1. The van der Waals surface area contributed by atoms with Gasteiger partial charge in [-0.15, -0.1) is 0 Å². The predicted octanol–water partition coefficient (Wildman–Crippen LogP) is 2.37. The monoisotopic (exact) mass is 594 g/mol. The van der Waals surface area contributed by atoms with E-state index in [1.54, 1.807) is 42.5 Å². The number of thioether (sulfide) groups is 3. The van der Waals surface area contributed by atoms with Crippen molar-refractivity contribution in [3.63, 3.8) is 0 Å². The summed E-state index contributed by atoms with van der Waals surface area (Å²) in [4.78, 5) is 36.7. The van der Waals surface area contributed by atoms with Crippen LogP contribution in [0.2, 0.25) is 0 Å². The van der Waals surface area contributed by atoms with E-state index in [4.69, 9.17) is 0 Å². The molecule has 0 spiro atoms. The van der Waals surface area contributed by atoms with Crippen molar-refractivity contribution in [1.82, 2.24) is 29.9 Å². The van der Waals surface area contributed by atoms with Crippen LogP contribution in [0, 0.1) is 10.6 Å². The van der Waals surface area contributed by atoms with Gasteiger partial charge in [0.05, 0.1) is 0 Å². The number of hydrogen-bond donors (Lipinski definition) is 0. The third kappa shape index (κ3) is 11.9. The first-order chi connectivity index (χ1) is 15.0. The number of halogens is 1. The number of aromatic nitrogens is 6. The molecule has 32 heavy (non-hydrogen) atoms. The number of ketones is 1. The summed E-state index contributed by atoms with van der Waals surface area (Å²) in [6.45, 7) is 5.72. The molecule has 12 heteroatoms. The Morgan fingerprint density at radius 1 is 0.844 bits per heavy atom. The number of carbonyl (C=O) groups is 1. The van der Waals surface area contributed by atoms with Crippen molar-refractivity contribution in [2.24, 2.45) is 0 Å². The number of carbonyl (C=O) groups excluding carboxylic acids is 1. The van der Waals surface area contributed by atoms with Crippen LogP contribution in [-0.2, 0) is 0 Å². The Kier molecular flexibility index (Phi) is 18.3. The second kappa shape index (κ2) is 18.7. The number of nitrogens with zero attached hydrogens (tertiary/aromatic N) is 6. The normalized spacial score (nSPS) is 9.44. The second-order valence-corrected chi connectivity index (χ2v) is 8.83.